The van der Waals surface area contributed by atoms with E-state index in [1.165, 1.54) is 43.3 Å². The van der Waals surface area contributed by atoms with Gasteiger partial charge >= 0.3 is 0 Å². The molecular formula is C14H16Cl2N6OS. The largest absolute Gasteiger partial charge is 0.309 e. The number of hydrogen-bond donors (Lipinski definition) is 1. The Morgan fingerprint density at radius 2 is 2.12 bits per heavy atom. The molecule has 10 heteroatoms. The zero-order valence-corrected chi connectivity index (χ0v) is 15.1. The van der Waals surface area contributed by atoms with Crippen molar-refractivity contribution in [2.75, 3.05) is 11.1 Å². The number of carbonyl (C=O) groups excluding carboxylic acids is 1. The highest BCUT2D eigenvalue weighted by Crippen LogP contribution is 2.30. The van der Waals surface area contributed by atoms with Gasteiger partial charge in [0.25, 0.3) is 0 Å². The first kappa shape index (κ1) is 17.4. The van der Waals surface area contributed by atoms with Crippen LogP contribution in [0.5, 0.6) is 0 Å². The Labute approximate surface area is 153 Å². The summed E-state index contributed by atoms with van der Waals surface area (Å²) in [6, 6.07) is 1.86. The minimum absolute atomic E-state index is 0.174. The second kappa shape index (κ2) is 8.13. The lowest BCUT2D eigenvalue weighted by Gasteiger charge is -2.21. The molecule has 128 valence electrons. The fraction of sp³-hybridized carbons (Fsp3) is 0.500. The van der Waals surface area contributed by atoms with Gasteiger partial charge < -0.3 is 5.32 Å². The van der Waals surface area contributed by atoms with Crippen LogP contribution >= 0.6 is 35.0 Å². The van der Waals surface area contributed by atoms with Crippen molar-refractivity contribution in [1.82, 2.24) is 25.2 Å². The van der Waals surface area contributed by atoms with E-state index in [4.69, 9.17) is 23.2 Å². The van der Waals surface area contributed by atoms with E-state index in [1.807, 2.05) is 4.68 Å². The minimum Gasteiger partial charge on any atom is -0.309 e. The van der Waals surface area contributed by atoms with Crippen LogP contribution in [0.3, 0.4) is 0 Å². The minimum atomic E-state index is -0.227. The summed E-state index contributed by atoms with van der Waals surface area (Å²) in [4.78, 5) is 16.1. The highest BCUT2D eigenvalue weighted by Gasteiger charge is 2.21. The van der Waals surface area contributed by atoms with Crippen molar-refractivity contribution in [3.05, 3.63) is 22.3 Å². The molecule has 1 amide bonds. The van der Waals surface area contributed by atoms with Crippen molar-refractivity contribution in [3.63, 3.8) is 0 Å². The molecule has 1 N–H and O–H groups in total. The molecule has 2 heterocycles. The molecule has 3 rings (SSSR count). The number of thioether (sulfide) groups is 1. The lowest BCUT2D eigenvalue weighted by molar-refractivity contribution is -0.113. The van der Waals surface area contributed by atoms with Gasteiger partial charge in [-0.25, -0.2) is 9.67 Å². The van der Waals surface area contributed by atoms with Crippen LogP contribution in [0.25, 0.3) is 0 Å². The molecule has 0 saturated heterocycles. The van der Waals surface area contributed by atoms with Crippen LogP contribution in [0.2, 0.25) is 10.0 Å². The Hall–Kier alpha value is -1.38. The number of amides is 1. The van der Waals surface area contributed by atoms with E-state index in [-0.39, 0.29) is 11.7 Å². The van der Waals surface area contributed by atoms with Gasteiger partial charge in [-0.3, -0.25) is 4.79 Å². The van der Waals surface area contributed by atoms with E-state index in [2.05, 4.69) is 25.8 Å². The van der Waals surface area contributed by atoms with E-state index in [9.17, 15) is 4.79 Å². The molecule has 0 radical (unpaired) electrons. The lowest BCUT2D eigenvalue weighted by Crippen LogP contribution is -2.18. The third-order valence-corrected chi connectivity index (χ3v) is 5.21. The van der Waals surface area contributed by atoms with Crippen LogP contribution in [-0.4, -0.2) is 36.9 Å². The number of carbonyl (C=O) groups is 1. The van der Waals surface area contributed by atoms with Crippen LogP contribution in [0.4, 0.5) is 5.82 Å². The first-order valence-corrected chi connectivity index (χ1v) is 9.39. The molecule has 1 saturated carbocycles. The van der Waals surface area contributed by atoms with Crippen molar-refractivity contribution in [1.29, 1.82) is 0 Å². The number of halogens is 2. The van der Waals surface area contributed by atoms with Gasteiger partial charge in [-0.15, -0.1) is 5.10 Å². The lowest BCUT2D eigenvalue weighted by atomic mass is 9.96. The number of nitrogens with zero attached hydrogens (tertiary/aromatic N) is 5. The standard InChI is InChI=1S/C14H16Cl2N6OS/c15-9-6-11(16)13(17-7-9)18-12(23)8-24-14-19-20-21-22(14)10-4-2-1-3-5-10/h6-7,10H,1-5,8H2,(H,17,18,23). The summed E-state index contributed by atoms with van der Waals surface area (Å²) in [7, 11) is 0. The van der Waals surface area contributed by atoms with Crippen molar-refractivity contribution in [2.24, 2.45) is 0 Å². The second-order valence-corrected chi connectivity index (χ2v) is 7.30. The molecule has 0 aliphatic heterocycles. The third-order valence-electron chi connectivity index (χ3n) is 3.78. The molecular weight excluding hydrogens is 371 g/mol. The highest BCUT2D eigenvalue weighted by molar-refractivity contribution is 7.99. The molecule has 1 aliphatic rings. The van der Waals surface area contributed by atoms with Crippen molar-refractivity contribution >= 4 is 46.7 Å². The number of anilines is 1. The van der Waals surface area contributed by atoms with E-state index in [0.29, 0.717) is 27.1 Å². The summed E-state index contributed by atoms with van der Waals surface area (Å²) in [5.74, 6) is 0.238. The topological polar surface area (TPSA) is 85.6 Å². The number of hydrogen-bond acceptors (Lipinski definition) is 6. The first-order chi connectivity index (χ1) is 11.6. The first-order valence-electron chi connectivity index (χ1n) is 7.65. The highest BCUT2D eigenvalue weighted by atomic mass is 35.5. The predicted molar refractivity (Wildman–Crippen MR) is 93.5 cm³/mol. The number of aromatic nitrogens is 5. The van der Waals surface area contributed by atoms with E-state index in [1.54, 1.807) is 0 Å². The van der Waals surface area contributed by atoms with Crippen LogP contribution in [0, 0.1) is 0 Å². The molecule has 1 aliphatic carbocycles. The second-order valence-electron chi connectivity index (χ2n) is 5.52. The Kier molecular flexibility index (Phi) is 5.91. The summed E-state index contributed by atoms with van der Waals surface area (Å²) >= 11 is 13.1. The maximum atomic E-state index is 12.1. The van der Waals surface area contributed by atoms with Gasteiger partial charge in [0.15, 0.2) is 5.82 Å². The number of tetrazole rings is 1. The average Bonchev–Trinajstić information content (AvgIpc) is 3.05. The Morgan fingerprint density at radius 3 is 2.88 bits per heavy atom. The van der Waals surface area contributed by atoms with Gasteiger partial charge in [0.2, 0.25) is 11.1 Å². The average molecular weight is 387 g/mol. The third kappa shape index (κ3) is 4.37. The van der Waals surface area contributed by atoms with Crippen LogP contribution in [0.1, 0.15) is 38.1 Å². The SMILES string of the molecule is O=C(CSc1nnnn1C1CCCCC1)Nc1ncc(Cl)cc1Cl. The quantitative estimate of drug-likeness (QED) is 0.789. The summed E-state index contributed by atoms with van der Waals surface area (Å²) < 4.78 is 1.84. The molecule has 2 aromatic heterocycles. The maximum absolute atomic E-state index is 12.1. The Bertz CT molecular complexity index is 719. The summed E-state index contributed by atoms with van der Waals surface area (Å²) in [6.07, 6.45) is 7.23. The van der Waals surface area contributed by atoms with Gasteiger partial charge in [0.1, 0.15) is 0 Å². The van der Waals surface area contributed by atoms with E-state index in [0.717, 1.165) is 12.8 Å². The summed E-state index contributed by atoms with van der Waals surface area (Å²) in [5, 5.41) is 15.9. The zero-order valence-electron chi connectivity index (χ0n) is 12.8. The molecule has 0 aromatic carbocycles. The molecule has 7 nitrogen and oxygen atoms in total. The number of nitrogens with one attached hydrogen (secondary N) is 1. The molecule has 2 aromatic rings. The molecule has 0 atom stereocenters. The van der Waals surface area contributed by atoms with Gasteiger partial charge in [0.05, 0.1) is 21.8 Å². The summed E-state index contributed by atoms with van der Waals surface area (Å²) in [6.45, 7) is 0. The monoisotopic (exact) mass is 386 g/mol. The van der Waals surface area contributed by atoms with Gasteiger partial charge in [0, 0.05) is 6.20 Å². The predicted octanol–water partition coefficient (Wildman–Crippen LogP) is 3.61. The fourth-order valence-electron chi connectivity index (χ4n) is 2.64. The Balaban J connectivity index is 1.57. The normalized spacial score (nSPS) is 15.4. The molecule has 0 spiro atoms. The fourth-order valence-corrected chi connectivity index (χ4v) is 3.81. The van der Waals surface area contributed by atoms with Crippen LogP contribution in [0.15, 0.2) is 17.4 Å². The zero-order chi connectivity index (χ0) is 16.9. The molecule has 0 bridgehead atoms. The van der Waals surface area contributed by atoms with Crippen LogP contribution < -0.4 is 5.32 Å². The van der Waals surface area contributed by atoms with Crippen molar-refractivity contribution in [2.45, 2.75) is 43.3 Å². The van der Waals surface area contributed by atoms with Crippen molar-refractivity contribution < 1.29 is 4.79 Å². The molecule has 24 heavy (non-hydrogen) atoms. The maximum Gasteiger partial charge on any atom is 0.236 e. The number of rotatable bonds is 5. The Morgan fingerprint density at radius 1 is 1.33 bits per heavy atom. The van der Waals surface area contributed by atoms with E-state index >= 15 is 0 Å². The van der Waals surface area contributed by atoms with Gasteiger partial charge in [-0.05, 0) is 29.3 Å². The summed E-state index contributed by atoms with van der Waals surface area (Å²) in [5.41, 5.74) is 0. The molecule has 0 unspecified atom stereocenters. The molecule has 1 fully saturated rings. The number of pyridine rings is 1. The van der Waals surface area contributed by atoms with E-state index < -0.39 is 0 Å². The van der Waals surface area contributed by atoms with Gasteiger partial charge in [-0.1, -0.05) is 54.2 Å². The van der Waals surface area contributed by atoms with Crippen molar-refractivity contribution in [3.8, 4) is 0 Å². The smallest absolute Gasteiger partial charge is 0.236 e. The van der Waals surface area contributed by atoms with Gasteiger partial charge in [-0.2, -0.15) is 0 Å². The van der Waals surface area contributed by atoms with Crippen LogP contribution in [-0.2, 0) is 4.79 Å².